The van der Waals surface area contributed by atoms with Crippen LogP contribution in [0.25, 0.3) is 0 Å². The molecule has 1 aliphatic rings. The molecule has 126 valence electrons. The number of amides is 2. The highest BCUT2D eigenvalue weighted by Crippen LogP contribution is 2.35. The van der Waals surface area contributed by atoms with E-state index in [4.69, 9.17) is 0 Å². The predicted octanol–water partition coefficient (Wildman–Crippen LogP) is 2.98. The highest BCUT2D eigenvalue weighted by molar-refractivity contribution is 6.01. The number of rotatable bonds is 4. The number of hydrogen-bond acceptors (Lipinski definition) is 3. The number of fused-ring (bicyclic) bond motifs is 1. The Labute approximate surface area is 138 Å². The van der Waals surface area contributed by atoms with Gasteiger partial charge in [0.15, 0.2) is 0 Å². The summed E-state index contributed by atoms with van der Waals surface area (Å²) >= 11 is 0. The average molecular weight is 318 g/mol. The van der Waals surface area contributed by atoms with Crippen molar-refractivity contribution in [2.24, 2.45) is 11.8 Å². The number of carbonyl (C=O) groups excluding carboxylic acids is 2. The minimum absolute atomic E-state index is 0.0258. The van der Waals surface area contributed by atoms with Gasteiger partial charge in [0, 0.05) is 11.7 Å². The van der Waals surface area contributed by atoms with Crippen molar-refractivity contribution in [2.75, 3.05) is 12.0 Å². The summed E-state index contributed by atoms with van der Waals surface area (Å²) in [5, 5.41) is 2.68. The van der Waals surface area contributed by atoms with E-state index in [2.05, 4.69) is 30.0 Å². The molecule has 23 heavy (non-hydrogen) atoms. The van der Waals surface area contributed by atoms with Crippen LogP contribution in [0.15, 0.2) is 24.3 Å². The monoisotopic (exact) mass is 318 g/mol. The van der Waals surface area contributed by atoms with Crippen LogP contribution in [0.3, 0.4) is 0 Å². The fourth-order valence-electron chi connectivity index (χ4n) is 3.08. The van der Waals surface area contributed by atoms with Gasteiger partial charge in [-0.3, -0.25) is 4.79 Å². The molecule has 0 radical (unpaired) electrons. The average Bonchev–Trinajstić information content (AvgIpc) is 2.91. The second-order valence-corrected chi connectivity index (χ2v) is 6.71. The molecule has 1 aromatic carbocycles. The van der Waals surface area contributed by atoms with Crippen molar-refractivity contribution in [3.05, 3.63) is 29.8 Å². The quantitative estimate of drug-likeness (QED) is 0.928. The lowest BCUT2D eigenvalue weighted by atomic mass is 9.98. The number of ether oxygens (including phenoxy) is 1. The van der Waals surface area contributed by atoms with E-state index >= 15 is 0 Å². The molecule has 0 bridgehead atoms. The molecule has 0 fully saturated rings. The molecule has 1 unspecified atom stereocenters. The zero-order chi connectivity index (χ0) is 17.1. The first-order valence-electron chi connectivity index (χ1n) is 8.12. The third-order valence-electron chi connectivity index (χ3n) is 4.41. The Morgan fingerprint density at radius 3 is 2.43 bits per heavy atom. The van der Waals surface area contributed by atoms with Crippen LogP contribution in [0.5, 0.6) is 0 Å². The van der Waals surface area contributed by atoms with Gasteiger partial charge in [0.1, 0.15) is 6.04 Å². The third kappa shape index (κ3) is 3.49. The summed E-state index contributed by atoms with van der Waals surface area (Å²) in [7, 11) is 1.30. The molecule has 1 N–H and O–H groups in total. The lowest BCUT2D eigenvalue weighted by molar-refractivity contribution is -0.122. The molecule has 0 saturated carbocycles. The summed E-state index contributed by atoms with van der Waals surface area (Å²) in [6.07, 6.45) is 0.272. The molecule has 5 heteroatoms. The summed E-state index contributed by atoms with van der Waals surface area (Å²) in [5.41, 5.74) is 2.13. The Morgan fingerprint density at radius 1 is 1.22 bits per heavy atom. The molecule has 0 aliphatic carbocycles. The Kier molecular flexibility index (Phi) is 5.29. The van der Waals surface area contributed by atoms with Crippen molar-refractivity contribution in [2.45, 2.75) is 46.2 Å². The van der Waals surface area contributed by atoms with E-state index in [0.29, 0.717) is 5.92 Å². The Bertz CT molecular complexity index is 583. The van der Waals surface area contributed by atoms with E-state index in [-0.39, 0.29) is 17.9 Å². The molecule has 0 aromatic heterocycles. The Hall–Kier alpha value is -2.04. The van der Waals surface area contributed by atoms with Crippen LogP contribution >= 0.6 is 0 Å². The standard InChI is InChI=1S/C18H26N2O3/c1-11(2)15-10-13-8-6-7-9-14(13)20(15)17(21)16(12(3)4)19-18(22)23-5/h6-9,11-12,15-16H,10H2,1-5H3,(H,19,22)/t15?,16-/m0/s1. The van der Waals surface area contributed by atoms with Crippen molar-refractivity contribution < 1.29 is 14.3 Å². The molecule has 2 amide bonds. The van der Waals surface area contributed by atoms with Gasteiger partial charge in [-0.25, -0.2) is 4.79 Å². The molecule has 1 aliphatic heterocycles. The van der Waals surface area contributed by atoms with E-state index in [1.165, 1.54) is 12.7 Å². The highest BCUT2D eigenvalue weighted by Gasteiger charge is 2.39. The Morgan fingerprint density at radius 2 is 1.87 bits per heavy atom. The maximum absolute atomic E-state index is 13.2. The van der Waals surface area contributed by atoms with Crippen molar-refractivity contribution in [1.82, 2.24) is 5.32 Å². The molecule has 2 rings (SSSR count). The first-order valence-corrected chi connectivity index (χ1v) is 8.12. The number of nitrogens with zero attached hydrogens (tertiary/aromatic N) is 1. The van der Waals surface area contributed by atoms with Gasteiger partial charge in [0.2, 0.25) is 5.91 Å². The van der Waals surface area contributed by atoms with Gasteiger partial charge in [0.05, 0.1) is 7.11 Å². The maximum Gasteiger partial charge on any atom is 0.407 e. The largest absolute Gasteiger partial charge is 0.453 e. The van der Waals surface area contributed by atoms with Gasteiger partial charge >= 0.3 is 6.09 Å². The lowest BCUT2D eigenvalue weighted by Gasteiger charge is -2.33. The smallest absolute Gasteiger partial charge is 0.407 e. The number of benzene rings is 1. The van der Waals surface area contributed by atoms with E-state index in [1.54, 1.807) is 0 Å². The number of methoxy groups -OCH3 is 1. The van der Waals surface area contributed by atoms with E-state index < -0.39 is 12.1 Å². The summed E-state index contributed by atoms with van der Waals surface area (Å²) < 4.78 is 4.67. The van der Waals surface area contributed by atoms with Crippen LogP contribution in [0, 0.1) is 11.8 Å². The number of para-hydroxylation sites is 1. The van der Waals surface area contributed by atoms with Crippen molar-refractivity contribution >= 4 is 17.7 Å². The fourth-order valence-corrected chi connectivity index (χ4v) is 3.08. The maximum atomic E-state index is 13.2. The van der Waals surface area contributed by atoms with Crippen LogP contribution < -0.4 is 10.2 Å². The van der Waals surface area contributed by atoms with Gasteiger partial charge in [-0.1, -0.05) is 45.9 Å². The van der Waals surface area contributed by atoms with Crippen molar-refractivity contribution in [3.8, 4) is 0 Å². The number of hydrogen-bond donors (Lipinski definition) is 1. The number of alkyl carbamates (subject to hydrolysis) is 1. The molecule has 1 heterocycles. The summed E-state index contributed by atoms with van der Waals surface area (Å²) in [5.74, 6) is 0.230. The van der Waals surface area contributed by atoms with E-state index in [0.717, 1.165) is 12.1 Å². The normalized spacial score (nSPS) is 18.0. The number of nitrogens with one attached hydrogen (secondary N) is 1. The summed E-state index contributed by atoms with van der Waals surface area (Å²) in [4.78, 5) is 26.6. The third-order valence-corrected chi connectivity index (χ3v) is 4.41. The zero-order valence-corrected chi connectivity index (χ0v) is 14.5. The molecular weight excluding hydrogens is 292 g/mol. The van der Waals surface area contributed by atoms with Gasteiger partial charge in [0.25, 0.3) is 0 Å². The molecule has 0 saturated heterocycles. The van der Waals surface area contributed by atoms with Crippen molar-refractivity contribution in [3.63, 3.8) is 0 Å². The topological polar surface area (TPSA) is 58.6 Å². The van der Waals surface area contributed by atoms with Crippen molar-refractivity contribution in [1.29, 1.82) is 0 Å². The van der Waals surface area contributed by atoms with Crippen LogP contribution in [-0.2, 0) is 16.0 Å². The van der Waals surface area contributed by atoms with Gasteiger partial charge in [-0.2, -0.15) is 0 Å². The molecular formula is C18H26N2O3. The number of carbonyl (C=O) groups is 2. The minimum Gasteiger partial charge on any atom is -0.453 e. The summed E-state index contributed by atoms with van der Waals surface area (Å²) in [6, 6.07) is 7.49. The fraction of sp³-hybridized carbons (Fsp3) is 0.556. The second kappa shape index (κ2) is 7.02. The van der Waals surface area contributed by atoms with Crippen LogP contribution in [0.2, 0.25) is 0 Å². The highest BCUT2D eigenvalue weighted by atomic mass is 16.5. The minimum atomic E-state index is -0.602. The predicted molar refractivity (Wildman–Crippen MR) is 90.4 cm³/mol. The first-order chi connectivity index (χ1) is 10.9. The van der Waals surface area contributed by atoms with Crippen LogP contribution in [-0.4, -0.2) is 31.2 Å². The summed E-state index contributed by atoms with van der Waals surface area (Å²) in [6.45, 7) is 8.08. The van der Waals surface area contributed by atoms with Gasteiger partial charge in [-0.15, -0.1) is 0 Å². The van der Waals surface area contributed by atoms with Gasteiger partial charge < -0.3 is 15.0 Å². The molecule has 0 spiro atoms. The van der Waals surface area contributed by atoms with E-state index in [1.807, 2.05) is 36.9 Å². The van der Waals surface area contributed by atoms with Gasteiger partial charge in [-0.05, 0) is 29.9 Å². The molecule has 5 nitrogen and oxygen atoms in total. The van der Waals surface area contributed by atoms with E-state index in [9.17, 15) is 9.59 Å². The molecule has 1 aromatic rings. The first kappa shape index (κ1) is 17.3. The number of anilines is 1. The molecule has 2 atom stereocenters. The lowest BCUT2D eigenvalue weighted by Crippen LogP contribution is -2.54. The second-order valence-electron chi connectivity index (χ2n) is 6.71. The van der Waals surface area contributed by atoms with Crippen LogP contribution in [0.4, 0.5) is 10.5 Å². The van der Waals surface area contributed by atoms with Crippen LogP contribution in [0.1, 0.15) is 33.3 Å². The Balaban J connectivity index is 2.35. The SMILES string of the molecule is COC(=O)N[C@H](C(=O)N1c2ccccc2CC1C(C)C)C(C)C. The zero-order valence-electron chi connectivity index (χ0n) is 14.5.